The molecular weight excluding hydrogens is 254 g/mol. The van der Waals surface area contributed by atoms with E-state index in [4.69, 9.17) is 0 Å². The van der Waals surface area contributed by atoms with E-state index in [0.717, 1.165) is 13.1 Å². The Morgan fingerprint density at radius 2 is 1.75 bits per heavy atom. The Kier molecular flexibility index (Phi) is 10.7. The quantitative estimate of drug-likeness (QED) is 0.744. The molecule has 0 unspecified atom stereocenters. The average molecular weight is 287 g/mol. The van der Waals surface area contributed by atoms with Gasteiger partial charge in [0.1, 0.15) is 5.60 Å². The van der Waals surface area contributed by atoms with Crippen LogP contribution >= 0.6 is 0 Å². The van der Waals surface area contributed by atoms with Crippen LogP contribution in [-0.2, 0) is 9.53 Å². The molecular formula is C15H33N3O2. The Balaban J connectivity index is 0.000000441. The third-order valence-corrected chi connectivity index (χ3v) is 3.24. The molecule has 120 valence electrons. The van der Waals surface area contributed by atoms with Gasteiger partial charge in [-0.05, 0) is 33.9 Å². The van der Waals surface area contributed by atoms with Crippen molar-refractivity contribution in [2.24, 2.45) is 0 Å². The van der Waals surface area contributed by atoms with Gasteiger partial charge in [-0.2, -0.15) is 0 Å². The smallest absolute Gasteiger partial charge is 0.293 e. The summed E-state index contributed by atoms with van der Waals surface area (Å²) >= 11 is 0. The lowest BCUT2D eigenvalue weighted by atomic mass is 10.2. The SMILES string of the molecule is CC(C)(C)OC=O.CCN(CC)CCN1CCNCC1. The van der Waals surface area contributed by atoms with E-state index in [1.165, 1.54) is 39.3 Å². The largest absolute Gasteiger partial charge is 0.462 e. The van der Waals surface area contributed by atoms with E-state index in [-0.39, 0.29) is 5.60 Å². The van der Waals surface area contributed by atoms with E-state index >= 15 is 0 Å². The summed E-state index contributed by atoms with van der Waals surface area (Å²) in [5.41, 5.74) is -0.318. The third kappa shape index (κ3) is 11.2. The molecule has 1 rings (SSSR count). The van der Waals surface area contributed by atoms with Gasteiger partial charge in [-0.1, -0.05) is 13.8 Å². The molecule has 0 aromatic rings. The number of ether oxygens (including phenoxy) is 1. The third-order valence-electron chi connectivity index (χ3n) is 3.24. The van der Waals surface area contributed by atoms with Crippen LogP contribution in [0.2, 0.25) is 0 Å². The lowest BCUT2D eigenvalue weighted by molar-refractivity contribution is -0.138. The molecule has 20 heavy (non-hydrogen) atoms. The van der Waals surface area contributed by atoms with Gasteiger partial charge in [0.15, 0.2) is 0 Å². The van der Waals surface area contributed by atoms with Crippen LogP contribution in [0.1, 0.15) is 34.6 Å². The highest BCUT2D eigenvalue weighted by molar-refractivity contribution is 5.37. The highest BCUT2D eigenvalue weighted by Crippen LogP contribution is 2.02. The van der Waals surface area contributed by atoms with Crippen molar-refractivity contribution in [2.75, 3.05) is 52.4 Å². The Labute approximate surface area is 124 Å². The van der Waals surface area contributed by atoms with Crippen molar-refractivity contribution in [1.82, 2.24) is 15.1 Å². The summed E-state index contributed by atoms with van der Waals surface area (Å²) in [6, 6.07) is 0. The average Bonchev–Trinajstić information content (AvgIpc) is 2.40. The predicted octanol–water partition coefficient (Wildman–Crippen LogP) is 1.19. The molecule has 0 aromatic heterocycles. The van der Waals surface area contributed by atoms with Gasteiger partial charge in [-0.3, -0.25) is 9.69 Å². The van der Waals surface area contributed by atoms with Gasteiger partial charge in [0.25, 0.3) is 6.47 Å². The fraction of sp³-hybridized carbons (Fsp3) is 0.933. The molecule has 0 amide bonds. The molecule has 1 aliphatic rings. The molecule has 0 aliphatic carbocycles. The second-order valence-electron chi connectivity index (χ2n) is 5.94. The second kappa shape index (κ2) is 11.1. The van der Waals surface area contributed by atoms with Crippen molar-refractivity contribution >= 4 is 6.47 Å². The van der Waals surface area contributed by atoms with Crippen LogP contribution in [0.25, 0.3) is 0 Å². The fourth-order valence-corrected chi connectivity index (χ4v) is 1.90. The number of carbonyl (C=O) groups is 1. The van der Waals surface area contributed by atoms with Gasteiger partial charge in [0, 0.05) is 39.3 Å². The summed E-state index contributed by atoms with van der Waals surface area (Å²) in [6.45, 7) is 20.0. The topological polar surface area (TPSA) is 44.8 Å². The predicted molar refractivity (Wildman–Crippen MR) is 84.0 cm³/mol. The van der Waals surface area contributed by atoms with Gasteiger partial charge >= 0.3 is 0 Å². The first-order chi connectivity index (χ1) is 9.42. The van der Waals surface area contributed by atoms with E-state index in [1.807, 2.05) is 20.8 Å². The number of hydrogen-bond donors (Lipinski definition) is 1. The summed E-state index contributed by atoms with van der Waals surface area (Å²) in [7, 11) is 0. The molecule has 0 aromatic carbocycles. The van der Waals surface area contributed by atoms with Crippen molar-refractivity contribution < 1.29 is 9.53 Å². The Morgan fingerprint density at radius 1 is 1.20 bits per heavy atom. The lowest BCUT2D eigenvalue weighted by Gasteiger charge is -2.29. The van der Waals surface area contributed by atoms with Crippen LogP contribution in [0.15, 0.2) is 0 Å². The first kappa shape index (κ1) is 19.4. The minimum atomic E-state index is -0.318. The number of rotatable bonds is 6. The van der Waals surface area contributed by atoms with Gasteiger partial charge in [-0.25, -0.2) is 0 Å². The molecule has 5 heteroatoms. The standard InChI is InChI=1S/C10H23N3.C5H10O2/c1-3-12(4-2)9-10-13-7-5-11-6-8-13;1-5(2,3)7-4-6/h11H,3-10H2,1-2H3;4H,1-3H3. The second-order valence-corrected chi connectivity index (χ2v) is 5.94. The fourth-order valence-electron chi connectivity index (χ4n) is 1.90. The molecule has 1 fully saturated rings. The molecule has 1 N–H and O–H groups in total. The molecule has 0 atom stereocenters. The summed E-state index contributed by atoms with van der Waals surface area (Å²) in [4.78, 5) is 14.6. The Morgan fingerprint density at radius 3 is 2.10 bits per heavy atom. The van der Waals surface area contributed by atoms with Gasteiger partial charge in [-0.15, -0.1) is 0 Å². The molecule has 0 saturated carbocycles. The van der Waals surface area contributed by atoms with Crippen molar-refractivity contribution in [3.8, 4) is 0 Å². The lowest BCUT2D eigenvalue weighted by Crippen LogP contribution is -2.46. The van der Waals surface area contributed by atoms with E-state index < -0.39 is 0 Å². The van der Waals surface area contributed by atoms with Gasteiger partial charge < -0.3 is 15.0 Å². The molecule has 1 heterocycles. The number of likely N-dealkylation sites (N-methyl/N-ethyl adjacent to an activating group) is 1. The zero-order valence-electron chi connectivity index (χ0n) is 13.9. The molecule has 0 spiro atoms. The molecule has 5 nitrogen and oxygen atoms in total. The molecule has 1 aliphatic heterocycles. The minimum Gasteiger partial charge on any atom is -0.462 e. The first-order valence-corrected chi connectivity index (χ1v) is 7.69. The van der Waals surface area contributed by atoms with Crippen LogP contribution in [0, 0.1) is 0 Å². The zero-order valence-corrected chi connectivity index (χ0v) is 13.9. The summed E-state index contributed by atoms with van der Waals surface area (Å²) in [5, 5.41) is 3.38. The Hall–Kier alpha value is -0.650. The van der Waals surface area contributed by atoms with E-state index in [0.29, 0.717) is 6.47 Å². The number of hydrogen-bond acceptors (Lipinski definition) is 5. The Bertz CT molecular complexity index is 232. The van der Waals surface area contributed by atoms with Crippen molar-refractivity contribution in [1.29, 1.82) is 0 Å². The van der Waals surface area contributed by atoms with E-state index in [1.54, 1.807) is 0 Å². The normalized spacial score (nSPS) is 16.5. The van der Waals surface area contributed by atoms with E-state index in [2.05, 4.69) is 33.7 Å². The highest BCUT2D eigenvalue weighted by atomic mass is 16.5. The maximum Gasteiger partial charge on any atom is 0.293 e. The monoisotopic (exact) mass is 287 g/mol. The van der Waals surface area contributed by atoms with Crippen molar-refractivity contribution in [3.63, 3.8) is 0 Å². The summed E-state index contributed by atoms with van der Waals surface area (Å²) in [5.74, 6) is 0. The number of carbonyl (C=O) groups excluding carboxylic acids is 1. The summed E-state index contributed by atoms with van der Waals surface area (Å²) < 4.78 is 4.55. The molecule has 1 saturated heterocycles. The van der Waals surface area contributed by atoms with E-state index in [9.17, 15) is 4.79 Å². The number of nitrogens with zero attached hydrogens (tertiary/aromatic N) is 2. The maximum atomic E-state index is 9.60. The minimum absolute atomic E-state index is 0.318. The zero-order chi connectivity index (χ0) is 15.4. The van der Waals surface area contributed by atoms with Crippen LogP contribution in [0.5, 0.6) is 0 Å². The van der Waals surface area contributed by atoms with Gasteiger partial charge in [0.05, 0.1) is 0 Å². The van der Waals surface area contributed by atoms with Crippen molar-refractivity contribution in [2.45, 2.75) is 40.2 Å². The number of piperazine rings is 1. The molecule has 0 radical (unpaired) electrons. The van der Waals surface area contributed by atoms with Crippen molar-refractivity contribution in [3.05, 3.63) is 0 Å². The maximum absolute atomic E-state index is 9.60. The highest BCUT2D eigenvalue weighted by Gasteiger charge is 2.09. The first-order valence-electron chi connectivity index (χ1n) is 7.69. The molecule has 0 bridgehead atoms. The van der Waals surface area contributed by atoms with Gasteiger partial charge in [0.2, 0.25) is 0 Å². The van der Waals surface area contributed by atoms with Crippen LogP contribution in [0.4, 0.5) is 0 Å². The van der Waals surface area contributed by atoms with Crippen LogP contribution < -0.4 is 5.32 Å². The number of nitrogens with one attached hydrogen (secondary N) is 1. The van der Waals surface area contributed by atoms with Crippen LogP contribution in [-0.4, -0.2) is 74.2 Å². The summed E-state index contributed by atoms with van der Waals surface area (Å²) in [6.07, 6.45) is 0. The van der Waals surface area contributed by atoms with Crippen LogP contribution in [0.3, 0.4) is 0 Å².